The Balaban J connectivity index is 1.23. The highest BCUT2D eigenvalue weighted by molar-refractivity contribution is 6.01. The van der Waals surface area contributed by atoms with Crippen LogP contribution in [-0.4, -0.2) is 52.8 Å². The minimum Gasteiger partial charge on any atom is -0.462 e. The van der Waals surface area contributed by atoms with E-state index in [-0.39, 0.29) is 58.3 Å². The number of hydrogen-bond donors (Lipinski definition) is 0. The highest BCUT2D eigenvalue weighted by Crippen LogP contribution is 2.76. The molecule has 0 spiro atoms. The Hall–Kier alpha value is -1.54. The summed E-state index contributed by atoms with van der Waals surface area (Å²) >= 11 is 0. The summed E-state index contributed by atoms with van der Waals surface area (Å²) in [5.74, 6) is -0.214. The highest BCUT2D eigenvalue weighted by Gasteiger charge is 2.81. The molecule has 214 valence electrons. The molecule has 0 radical (unpaired) electrons. The van der Waals surface area contributed by atoms with Gasteiger partial charge in [-0.2, -0.15) is 0 Å². The predicted octanol–water partition coefficient (Wildman–Crippen LogP) is 5.27. The highest BCUT2D eigenvalue weighted by atomic mass is 16.9. The van der Waals surface area contributed by atoms with Crippen molar-refractivity contribution in [3.8, 4) is 0 Å². The van der Waals surface area contributed by atoms with Crippen LogP contribution in [0.5, 0.6) is 0 Å². The molecule has 3 saturated carbocycles. The smallest absolute Gasteiger partial charge is 0.302 e. The number of hydrogen-bond acceptors (Lipinski definition) is 7. The maximum Gasteiger partial charge on any atom is 0.302 e. The number of allylic oxidation sites excluding steroid dienone is 3. The zero-order valence-electron chi connectivity index (χ0n) is 24.7. The number of fused-ring (bicyclic) bond motifs is 9. The van der Waals surface area contributed by atoms with Crippen molar-refractivity contribution in [1.82, 2.24) is 0 Å². The Morgan fingerprint density at radius 1 is 1.08 bits per heavy atom. The number of carbonyl (C=O) groups is 2. The first-order valence-electron chi connectivity index (χ1n) is 14.9. The van der Waals surface area contributed by atoms with Crippen molar-refractivity contribution in [2.75, 3.05) is 0 Å². The number of carbonyl (C=O) groups excluding carboxylic acids is 2. The van der Waals surface area contributed by atoms with Gasteiger partial charge in [0.05, 0.1) is 17.8 Å². The van der Waals surface area contributed by atoms with Gasteiger partial charge in [-0.15, -0.1) is 0 Å². The molecular formula is C32H44O7. The average molecular weight is 541 g/mol. The molecule has 12 atom stereocenters. The fourth-order valence-electron chi connectivity index (χ4n) is 10.5. The summed E-state index contributed by atoms with van der Waals surface area (Å²) in [5.41, 5.74) is -0.310. The molecule has 0 amide bonds. The second kappa shape index (κ2) is 7.64. The van der Waals surface area contributed by atoms with Crippen molar-refractivity contribution in [2.45, 2.75) is 129 Å². The maximum absolute atomic E-state index is 12.3. The van der Waals surface area contributed by atoms with E-state index in [1.807, 2.05) is 6.92 Å². The van der Waals surface area contributed by atoms with E-state index in [9.17, 15) is 9.59 Å². The van der Waals surface area contributed by atoms with E-state index < -0.39 is 17.2 Å². The van der Waals surface area contributed by atoms with E-state index in [1.165, 1.54) is 6.92 Å². The molecule has 2 bridgehead atoms. The van der Waals surface area contributed by atoms with Crippen molar-refractivity contribution in [3.05, 3.63) is 23.8 Å². The predicted molar refractivity (Wildman–Crippen MR) is 142 cm³/mol. The van der Waals surface area contributed by atoms with Gasteiger partial charge in [0.25, 0.3) is 5.97 Å². The summed E-state index contributed by atoms with van der Waals surface area (Å²) in [7, 11) is 0. The van der Waals surface area contributed by atoms with Crippen LogP contribution in [0.4, 0.5) is 0 Å². The van der Waals surface area contributed by atoms with Crippen LogP contribution in [0.15, 0.2) is 23.8 Å². The van der Waals surface area contributed by atoms with Crippen LogP contribution in [0.1, 0.15) is 87.5 Å². The molecule has 6 fully saturated rings. The second-order valence-electron chi connectivity index (χ2n) is 14.9. The molecule has 12 unspecified atom stereocenters. The summed E-state index contributed by atoms with van der Waals surface area (Å²) in [5, 5.41) is 0. The minimum absolute atomic E-state index is 0.0337. The first-order chi connectivity index (χ1) is 18.1. The summed E-state index contributed by atoms with van der Waals surface area (Å²) in [4.78, 5) is 24.6. The third kappa shape index (κ3) is 3.25. The Labute approximate surface area is 232 Å². The van der Waals surface area contributed by atoms with Gasteiger partial charge in [-0.3, -0.25) is 9.59 Å². The van der Waals surface area contributed by atoms with Crippen LogP contribution >= 0.6 is 0 Å². The lowest BCUT2D eigenvalue weighted by atomic mass is 9.46. The number of ketones is 1. The average Bonchev–Trinajstić information content (AvgIpc) is 3.46. The standard InChI is InChI=1S/C32H44O7/c1-17(24-16-30(7)27(3,4)38-31(8,36-24)39-30)32-25(37-32)15-22-26-21(10-12-29(22,32)6)28(5)11-9-20(34)13-19(28)14-23(26)35-18(2)33/h9,11,13,17,21-26H,10,12,14-16H2,1-8H3. The number of epoxide rings is 1. The van der Waals surface area contributed by atoms with Gasteiger partial charge in [-0.05, 0) is 64.0 Å². The van der Waals surface area contributed by atoms with Crippen molar-refractivity contribution >= 4 is 11.8 Å². The van der Waals surface area contributed by atoms with Gasteiger partial charge in [-0.25, -0.2) is 0 Å². The van der Waals surface area contributed by atoms with Gasteiger partial charge in [-0.1, -0.05) is 32.4 Å². The summed E-state index contributed by atoms with van der Waals surface area (Å²) < 4.78 is 32.0. The third-order valence-corrected chi connectivity index (χ3v) is 12.7. The van der Waals surface area contributed by atoms with Crippen LogP contribution in [0.3, 0.4) is 0 Å². The molecular weight excluding hydrogens is 496 g/mol. The lowest BCUT2D eigenvalue weighted by molar-refractivity contribution is -0.386. The first kappa shape index (κ1) is 26.4. The Morgan fingerprint density at radius 3 is 2.51 bits per heavy atom. The molecule has 3 aliphatic heterocycles. The Bertz CT molecular complexity index is 1200. The SMILES string of the molecule is CC(=O)OC1CC2=CC(=O)C=CC2(C)C2CCC3(C)C(CC4OC43C(C)C3CC4(C)OC(C)(O3)OC4(C)C)C12. The topological polar surface area (TPSA) is 83.6 Å². The van der Waals surface area contributed by atoms with Crippen LogP contribution in [0, 0.1) is 34.5 Å². The summed E-state index contributed by atoms with van der Waals surface area (Å²) in [6.07, 6.45) is 9.96. The van der Waals surface area contributed by atoms with Crippen LogP contribution in [-0.2, 0) is 33.3 Å². The van der Waals surface area contributed by atoms with Crippen LogP contribution in [0.2, 0.25) is 0 Å². The summed E-state index contributed by atoms with van der Waals surface area (Å²) in [6.45, 7) is 16.7. The molecule has 3 saturated heterocycles. The van der Waals surface area contributed by atoms with Gasteiger partial charge >= 0.3 is 5.97 Å². The zero-order valence-corrected chi connectivity index (χ0v) is 24.7. The molecule has 4 aliphatic carbocycles. The van der Waals surface area contributed by atoms with E-state index in [1.54, 1.807) is 12.2 Å². The fourth-order valence-corrected chi connectivity index (χ4v) is 10.5. The second-order valence-corrected chi connectivity index (χ2v) is 14.9. The lowest BCUT2D eigenvalue weighted by Gasteiger charge is -2.60. The molecule has 7 aliphatic rings. The monoisotopic (exact) mass is 540 g/mol. The molecule has 0 N–H and O–H groups in total. The largest absolute Gasteiger partial charge is 0.462 e. The molecule has 3 heterocycles. The van der Waals surface area contributed by atoms with Gasteiger partial charge in [0.2, 0.25) is 0 Å². The maximum atomic E-state index is 12.3. The molecule has 7 rings (SSSR count). The third-order valence-electron chi connectivity index (χ3n) is 12.7. The van der Waals surface area contributed by atoms with Crippen LogP contribution in [0.25, 0.3) is 0 Å². The van der Waals surface area contributed by atoms with E-state index in [2.05, 4.69) is 47.6 Å². The Morgan fingerprint density at radius 2 is 1.82 bits per heavy atom. The van der Waals surface area contributed by atoms with Crippen molar-refractivity contribution in [3.63, 3.8) is 0 Å². The molecule has 0 aromatic heterocycles. The lowest BCUT2D eigenvalue weighted by Crippen LogP contribution is -2.60. The van der Waals surface area contributed by atoms with Crippen molar-refractivity contribution < 1.29 is 33.3 Å². The molecule has 7 nitrogen and oxygen atoms in total. The molecule has 0 aromatic rings. The Kier molecular flexibility index (Phi) is 5.17. The minimum atomic E-state index is -1.06. The number of esters is 1. The van der Waals surface area contributed by atoms with Crippen molar-refractivity contribution in [1.29, 1.82) is 0 Å². The normalized spacial score (nSPS) is 55.1. The van der Waals surface area contributed by atoms with Crippen LogP contribution < -0.4 is 0 Å². The van der Waals surface area contributed by atoms with Gasteiger partial charge in [0.15, 0.2) is 5.78 Å². The van der Waals surface area contributed by atoms with E-state index in [0.29, 0.717) is 18.3 Å². The number of rotatable bonds is 3. The molecule has 0 aromatic carbocycles. The van der Waals surface area contributed by atoms with E-state index >= 15 is 0 Å². The van der Waals surface area contributed by atoms with Gasteiger partial charge in [0, 0.05) is 49.4 Å². The van der Waals surface area contributed by atoms with E-state index in [0.717, 1.165) is 31.3 Å². The van der Waals surface area contributed by atoms with Gasteiger partial charge < -0.3 is 23.7 Å². The fraction of sp³-hybridized carbons (Fsp3) is 0.812. The van der Waals surface area contributed by atoms with Crippen molar-refractivity contribution in [2.24, 2.45) is 34.5 Å². The quantitative estimate of drug-likeness (QED) is 0.356. The first-order valence-corrected chi connectivity index (χ1v) is 14.9. The number of ether oxygens (including phenoxy) is 5. The zero-order chi connectivity index (χ0) is 28.0. The summed E-state index contributed by atoms with van der Waals surface area (Å²) in [6, 6.07) is 0. The van der Waals surface area contributed by atoms with E-state index in [4.69, 9.17) is 23.7 Å². The van der Waals surface area contributed by atoms with Gasteiger partial charge in [0.1, 0.15) is 17.3 Å². The molecule has 39 heavy (non-hydrogen) atoms. The molecule has 7 heteroatoms.